The molecule has 23 heavy (non-hydrogen) atoms. The van der Waals surface area contributed by atoms with Crippen LogP contribution in [0.15, 0.2) is 23.0 Å². The molecule has 0 unspecified atom stereocenters. The number of piperazine rings is 1. The molecule has 0 spiro atoms. The fourth-order valence-electron chi connectivity index (χ4n) is 3.00. The van der Waals surface area contributed by atoms with Gasteiger partial charge in [0.1, 0.15) is 0 Å². The Morgan fingerprint density at radius 3 is 3.00 bits per heavy atom. The fourth-order valence-corrected chi connectivity index (χ4v) is 3.00. The number of anilines is 1. The Bertz CT molecular complexity index is 839. The molecule has 2 atom stereocenters. The molecule has 1 fully saturated rings. The molecule has 0 aromatic carbocycles. The van der Waals surface area contributed by atoms with Crippen LogP contribution < -0.4 is 15.8 Å². The first-order valence-electron chi connectivity index (χ1n) is 7.54. The van der Waals surface area contributed by atoms with Crippen LogP contribution in [0.3, 0.4) is 0 Å². The number of nitrogens with one attached hydrogen (secondary N) is 1. The van der Waals surface area contributed by atoms with Crippen LogP contribution in [-0.2, 0) is 7.05 Å². The predicted octanol–water partition coefficient (Wildman–Crippen LogP) is 0.643. The molecular formula is C16H19N5O2. The third-order valence-electron chi connectivity index (χ3n) is 4.30. The number of aliphatic hydroxyl groups excluding tert-OH is 1. The molecule has 1 saturated heterocycles. The Labute approximate surface area is 134 Å². The Morgan fingerprint density at radius 1 is 1.52 bits per heavy atom. The van der Waals surface area contributed by atoms with Crippen molar-refractivity contribution in [1.82, 2.24) is 14.9 Å². The SMILES string of the molecule is [C-]#[N+]c1ccc2c(n1)c(N1C[C@@H](C)NC[C@@H]1CO)cc(=O)n2C. The molecule has 7 nitrogen and oxygen atoms in total. The second kappa shape index (κ2) is 5.99. The smallest absolute Gasteiger partial charge is 0.270 e. The zero-order chi connectivity index (χ0) is 16.6. The van der Waals surface area contributed by atoms with E-state index in [0.29, 0.717) is 35.6 Å². The number of fused-ring (bicyclic) bond motifs is 1. The minimum Gasteiger partial charge on any atom is -0.394 e. The Balaban J connectivity index is 2.25. The van der Waals surface area contributed by atoms with Gasteiger partial charge in [-0.15, -0.1) is 4.98 Å². The van der Waals surface area contributed by atoms with E-state index in [4.69, 9.17) is 6.57 Å². The summed E-state index contributed by atoms with van der Waals surface area (Å²) < 4.78 is 1.53. The lowest BCUT2D eigenvalue weighted by atomic mass is 10.1. The van der Waals surface area contributed by atoms with Gasteiger partial charge in [-0.3, -0.25) is 4.79 Å². The quantitative estimate of drug-likeness (QED) is 0.796. The summed E-state index contributed by atoms with van der Waals surface area (Å²) in [4.78, 5) is 22.1. The second-order valence-corrected chi connectivity index (χ2v) is 5.87. The van der Waals surface area contributed by atoms with Crippen LogP contribution in [0.5, 0.6) is 0 Å². The van der Waals surface area contributed by atoms with Crippen LogP contribution in [0.2, 0.25) is 0 Å². The lowest BCUT2D eigenvalue weighted by Gasteiger charge is -2.39. The zero-order valence-electron chi connectivity index (χ0n) is 13.2. The molecule has 3 heterocycles. The summed E-state index contributed by atoms with van der Waals surface area (Å²) in [6, 6.07) is 5.02. The monoisotopic (exact) mass is 313 g/mol. The molecule has 0 radical (unpaired) electrons. The van der Waals surface area contributed by atoms with E-state index in [2.05, 4.69) is 22.1 Å². The highest BCUT2D eigenvalue weighted by molar-refractivity contribution is 5.89. The van der Waals surface area contributed by atoms with Gasteiger partial charge in [0.2, 0.25) is 5.52 Å². The summed E-state index contributed by atoms with van der Waals surface area (Å²) in [6.45, 7) is 10.5. The molecule has 0 saturated carbocycles. The highest BCUT2D eigenvalue weighted by atomic mass is 16.3. The van der Waals surface area contributed by atoms with Gasteiger partial charge in [0.15, 0.2) is 0 Å². The maximum atomic E-state index is 12.3. The molecular weight excluding hydrogens is 294 g/mol. The van der Waals surface area contributed by atoms with Gasteiger partial charge in [-0.1, -0.05) is 6.57 Å². The highest BCUT2D eigenvalue weighted by Gasteiger charge is 2.28. The molecule has 1 aliphatic rings. The fraction of sp³-hybridized carbons (Fsp3) is 0.438. The molecule has 7 heteroatoms. The molecule has 0 amide bonds. The van der Waals surface area contributed by atoms with E-state index >= 15 is 0 Å². The predicted molar refractivity (Wildman–Crippen MR) is 88.9 cm³/mol. The van der Waals surface area contributed by atoms with E-state index in [9.17, 15) is 9.90 Å². The molecule has 120 valence electrons. The van der Waals surface area contributed by atoms with E-state index < -0.39 is 0 Å². The van der Waals surface area contributed by atoms with Crippen molar-refractivity contribution in [2.24, 2.45) is 7.05 Å². The summed E-state index contributed by atoms with van der Waals surface area (Å²) in [7, 11) is 1.69. The molecule has 2 aromatic rings. The summed E-state index contributed by atoms with van der Waals surface area (Å²) in [5.74, 6) is 0.293. The third-order valence-corrected chi connectivity index (χ3v) is 4.30. The molecule has 3 rings (SSSR count). The molecule has 2 aromatic heterocycles. The first kappa shape index (κ1) is 15.5. The van der Waals surface area contributed by atoms with Gasteiger partial charge in [0, 0.05) is 32.2 Å². The van der Waals surface area contributed by atoms with Gasteiger partial charge in [0.25, 0.3) is 11.4 Å². The largest absolute Gasteiger partial charge is 0.394 e. The van der Waals surface area contributed by atoms with Crippen molar-refractivity contribution in [3.63, 3.8) is 0 Å². The highest BCUT2D eigenvalue weighted by Crippen LogP contribution is 2.28. The van der Waals surface area contributed by atoms with Crippen LogP contribution in [0.25, 0.3) is 15.9 Å². The number of hydrogen-bond acceptors (Lipinski definition) is 5. The topological polar surface area (TPSA) is 74.8 Å². The van der Waals surface area contributed by atoms with Crippen molar-refractivity contribution < 1.29 is 5.11 Å². The van der Waals surface area contributed by atoms with E-state index in [1.165, 1.54) is 4.57 Å². The van der Waals surface area contributed by atoms with Crippen molar-refractivity contribution in [2.45, 2.75) is 19.0 Å². The zero-order valence-corrected chi connectivity index (χ0v) is 13.2. The van der Waals surface area contributed by atoms with Crippen molar-refractivity contribution in [3.05, 3.63) is 40.0 Å². The normalized spacial score (nSPS) is 21.4. The van der Waals surface area contributed by atoms with Crippen molar-refractivity contribution in [1.29, 1.82) is 0 Å². The van der Waals surface area contributed by atoms with Gasteiger partial charge in [-0.05, 0) is 19.1 Å². The van der Waals surface area contributed by atoms with Gasteiger partial charge in [-0.2, -0.15) is 0 Å². The summed E-state index contributed by atoms with van der Waals surface area (Å²) in [5, 5.41) is 13.0. The van der Waals surface area contributed by atoms with Gasteiger partial charge >= 0.3 is 0 Å². The Hall–Kier alpha value is -2.43. The van der Waals surface area contributed by atoms with Gasteiger partial charge < -0.3 is 24.7 Å². The van der Waals surface area contributed by atoms with E-state index in [1.54, 1.807) is 25.2 Å². The van der Waals surface area contributed by atoms with E-state index in [-0.39, 0.29) is 24.2 Å². The van der Waals surface area contributed by atoms with E-state index in [1.807, 2.05) is 4.90 Å². The van der Waals surface area contributed by atoms with Crippen LogP contribution >= 0.6 is 0 Å². The molecule has 0 bridgehead atoms. The molecule has 2 N–H and O–H groups in total. The summed E-state index contributed by atoms with van der Waals surface area (Å²) in [5.41, 5.74) is 1.85. The van der Waals surface area contributed by atoms with Crippen LogP contribution in [0, 0.1) is 6.57 Å². The number of aliphatic hydroxyl groups is 1. The first-order valence-corrected chi connectivity index (χ1v) is 7.54. The lowest BCUT2D eigenvalue weighted by Crippen LogP contribution is -2.57. The van der Waals surface area contributed by atoms with Crippen LogP contribution in [-0.4, -0.2) is 46.4 Å². The van der Waals surface area contributed by atoms with Crippen LogP contribution in [0.4, 0.5) is 11.5 Å². The number of rotatable bonds is 2. The van der Waals surface area contributed by atoms with Crippen molar-refractivity contribution >= 4 is 22.5 Å². The standard InChI is InChI=1S/C16H19N5O2/c1-10-8-21(11(9-22)7-18-10)13-6-15(23)20(3)12-4-5-14(17-2)19-16(12)13/h4-6,10-11,18,22H,7-9H2,1,3H3/t10-,11-/m1/s1. The maximum absolute atomic E-state index is 12.3. The number of nitrogens with zero attached hydrogens (tertiary/aromatic N) is 4. The number of pyridine rings is 2. The van der Waals surface area contributed by atoms with Gasteiger partial charge in [0.05, 0.1) is 23.9 Å². The maximum Gasteiger partial charge on any atom is 0.270 e. The average Bonchev–Trinajstić information content (AvgIpc) is 2.57. The first-order chi connectivity index (χ1) is 11.0. The Morgan fingerprint density at radius 2 is 2.30 bits per heavy atom. The molecule has 1 aliphatic heterocycles. The minimum absolute atomic E-state index is 0.0149. The van der Waals surface area contributed by atoms with Crippen molar-refractivity contribution in [2.75, 3.05) is 24.6 Å². The molecule has 0 aliphatic carbocycles. The summed E-state index contributed by atoms with van der Waals surface area (Å²) >= 11 is 0. The number of aromatic nitrogens is 2. The van der Waals surface area contributed by atoms with Gasteiger partial charge in [-0.25, -0.2) is 0 Å². The van der Waals surface area contributed by atoms with E-state index in [0.717, 1.165) is 0 Å². The number of hydrogen-bond donors (Lipinski definition) is 2. The van der Waals surface area contributed by atoms with Crippen molar-refractivity contribution in [3.8, 4) is 0 Å². The summed E-state index contributed by atoms with van der Waals surface area (Å²) in [6.07, 6.45) is 0. The minimum atomic E-state index is -0.132. The third kappa shape index (κ3) is 2.67. The van der Waals surface area contributed by atoms with Crippen LogP contribution in [0.1, 0.15) is 6.92 Å². The second-order valence-electron chi connectivity index (χ2n) is 5.87. The Kier molecular flexibility index (Phi) is 4.03. The average molecular weight is 313 g/mol. The number of aryl methyl sites for hydroxylation is 1. The lowest BCUT2D eigenvalue weighted by molar-refractivity contribution is 0.237.